The number of hydrogen-bond acceptors (Lipinski definition) is 2. The molecule has 0 spiro atoms. The van der Waals surface area contributed by atoms with E-state index in [1.54, 1.807) is 0 Å². The van der Waals surface area contributed by atoms with E-state index >= 15 is 0 Å². The van der Waals surface area contributed by atoms with Crippen LogP contribution in [0.3, 0.4) is 0 Å². The van der Waals surface area contributed by atoms with E-state index in [0.717, 1.165) is 33.6 Å². The predicted octanol–water partition coefficient (Wildman–Crippen LogP) is 20.0. The zero-order valence-corrected chi connectivity index (χ0v) is 39.8. The van der Waals surface area contributed by atoms with Crippen molar-refractivity contribution in [3.05, 3.63) is 236 Å². The quantitative estimate of drug-likeness (QED) is 0.155. The third-order valence-corrected chi connectivity index (χ3v) is 15.7. The summed E-state index contributed by atoms with van der Waals surface area (Å²) in [5, 5.41) is 7.30. The molecule has 14 rings (SSSR count). The van der Waals surface area contributed by atoms with Crippen LogP contribution < -0.4 is 4.90 Å². The zero-order valence-electron chi connectivity index (χ0n) is 39.8. The maximum absolute atomic E-state index is 7.10. The Bertz CT molecular complexity index is 3970. The largest absolute Gasteiger partial charge is 0.454 e. The lowest BCUT2D eigenvalue weighted by molar-refractivity contribution is 0.442. The van der Waals surface area contributed by atoms with Crippen LogP contribution >= 0.6 is 0 Å². The first-order valence-electron chi connectivity index (χ1n) is 25.4. The summed E-state index contributed by atoms with van der Waals surface area (Å²) in [5.74, 6) is 0.542. The molecule has 12 aromatic rings. The lowest BCUT2D eigenvalue weighted by atomic mass is 9.79. The van der Waals surface area contributed by atoms with Crippen LogP contribution in [-0.4, -0.2) is 0 Å². The van der Waals surface area contributed by atoms with Gasteiger partial charge in [-0.2, -0.15) is 0 Å². The van der Waals surface area contributed by atoms with E-state index in [2.05, 4.69) is 236 Å². The summed E-state index contributed by atoms with van der Waals surface area (Å²) < 4.78 is 7.10. The van der Waals surface area contributed by atoms with Crippen LogP contribution in [0.15, 0.2) is 229 Å². The number of rotatable bonds is 6. The molecule has 0 saturated heterocycles. The van der Waals surface area contributed by atoms with Crippen molar-refractivity contribution in [2.75, 3.05) is 4.90 Å². The summed E-state index contributed by atoms with van der Waals surface area (Å²) in [7, 11) is 0. The Morgan fingerprint density at radius 1 is 0.352 bits per heavy atom. The van der Waals surface area contributed by atoms with Gasteiger partial charge in [-0.3, -0.25) is 0 Å². The molecule has 0 unspecified atom stereocenters. The van der Waals surface area contributed by atoms with Crippen LogP contribution in [0.5, 0.6) is 0 Å². The van der Waals surface area contributed by atoms with E-state index in [9.17, 15) is 0 Å². The summed E-state index contributed by atoms with van der Waals surface area (Å²) in [6, 6.07) is 83.5. The van der Waals surface area contributed by atoms with E-state index in [0.29, 0.717) is 5.92 Å². The van der Waals surface area contributed by atoms with Gasteiger partial charge in [-0.15, -0.1) is 0 Å². The van der Waals surface area contributed by atoms with Gasteiger partial charge in [0.1, 0.15) is 5.58 Å². The highest BCUT2D eigenvalue weighted by atomic mass is 16.3. The minimum absolute atomic E-state index is 0.542. The molecule has 2 aliphatic rings. The zero-order chi connectivity index (χ0) is 47.0. The molecule has 1 aromatic heterocycles. The standard InChI is InChI=1S/C69H51NO/c1-44-33-38-48(39-34-44)70(65-32-16-31-63-62-30-15-29-50(68(62)71-69(63)65)45-17-3-2-4-18-45)49-40-35-46(36-41-49)66-58-25-11-13-27-60(58)67(61-28-14-12-26-59(61)66)47-37-42-57-55-23-8-7-21-53(55)51-19-5-6-20-52(51)54-22-9-10-24-56(54)64(57)43-47/h5-16,19-43,45H,2-4,17-18H2,1H3. The Kier molecular flexibility index (Phi) is 9.88. The molecular formula is C69H51NO. The van der Waals surface area contributed by atoms with Gasteiger partial charge in [0, 0.05) is 22.1 Å². The number of aryl methyl sites for hydroxylation is 1. The first kappa shape index (κ1) is 41.5. The van der Waals surface area contributed by atoms with Crippen molar-refractivity contribution in [3.8, 4) is 66.8 Å². The fourth-order valence-corrected chi connectivity index (χ4v) is 12.4. The monoisotopic (exact) mass is 909 g/mol. The highest BCUT2D eigenvalue weighted by molar-refractivity contribution is 6.22. The average Bonchev–Trinajstić information content (AvgIpc) is 3.83. The Morgan fingerprint density at radius 3 is 1.32 bits per heavy atom. The van der Waals surface area contributed by atoms with Crippen LogP contribution in [0, 0.1) is 6.92 Å². The molecule has 0 radical (unpaired) electrons. The van der Waals surface area contributed by atoms with Gasteiger partial charge in [0.2, 0.25) is 0 Å². The molecule has 1 fully saturated rings. The minimum Gasteiger partial charge on any atom is -0.454 e. The maximum atomic E-state index is 7.10. The van der Waals surface area contributed by atoms with Crippen LogP contribution in [0.1, 0.15) is 49.1 Å². The number of hydrogen-bond donors (Lipinski definition) is 0. The summed E-state index contributed by atoms with van der Waals surface area (Å²) in [5.41, 5.74) is 22.7. The number of furan rings is 1. The molecule has 11 aromatic carbocycles. The van der Waals surface area contributed by atoms with Crippen molar-refractivity contribution in [2.24, 2.45) is 0 Å². The summed E-state index contributed by atoms with van der Waals surface area (Å²) in [6.45, 7) is 2.15. The van der Waals surface area contributed by atoms with Crippen molar-refractivity contribution >= 4 is 60.5 Å². The fraction of sp³-hybridized carbons (Fsp3) is 0.101. The van der Waals surface area contributed by atoms with E-state index in [-0.39, 0.29) is 0 Å². The van der Waals surface area contributed by atoms with E-state index in [4.69, 9.17) is 4.42 Å². The lowest BCUT2D eigenvalue weighted by Crippen LogP contribution is -2.10. The molecule has 2 nitrogen and oxygen atoms in total. The van der Waals surface area contributed by atoms with Crippen LogP contribution in [0.2, 0.25) is 0 Å². The fourth-order valence-electron chi connectivity index (χ4n) is 12.4. The molecule has 0 N–H and O–H groups in total. The van der Waals surface area contributed by atoms with Gasteiger partial charge in [-0.1, -0.05) is 213 Å². The van der Waals surface area contributed by atoms with Crippen molar-refractivity contribution in [3.63, 3.8) is 0 Å². The van der Waals surface area contributed by atoms with E-state index in [1.165, 1.54) is 137 Å². The second-order valence-electron chi connectivity index (χ2n) is 19.8. The molecular weight excluding hydrogens is 859 g/mol. The number of benzene rings is 11. The van der Waals surface area contributed by atoms with Crippen LogP contribution in [0.25, 0.3) is 110 Å². The summed E-state index contributed by atoms with van der Waals surface area (Å²) >= 11 is 0. The van der Waals surface area contributed by atoms with E-state index < -0.39 is 0 Å². The highest BCUT2D eigenvalue weighted by Gasteiger charge is 2.26. The Morgan fingerprint density at radius 2 is 0.775 bits per heavy atom. The molecule has 2 aliphatic carbocycles. The van der Waals surface area contributed by atoms with Gasteiger partial charge >= 0.3 is 0 Å². The SMILES string of the molecule is Cc1ccc(N(c2ccc(-c3c4ccccc4c(-c4ccc5c(c4)-c4ccccc4-c4ccccc4-c4ccccc4-5)c4ccccc34)cc2)c2cccc3c2oc2c(C4CCCCC4)cccc23)cc1. The molecule has 1 heterocycles. The normalized spacial score (nSPS) is 13.4. The van der Waals surface area contributed by atoms with Gasteiger partial charge in [0.25, 0.3) is 0 Å². The third kappa shape index (κ3) is 6.77. The number of fused-ring (bicyclic) bond motifs is 13. The second-order valence-corrected chi connectivity index (χ2v) is 19.8. The minimum atomic E-state index is 0.542. The van der Waals surface area contributed by atoms with Gasteiger partial charge in [0.05, 0.1) is 5.69 Å². The molecule has 71 heavy (non-hydrogen) atoms. The first-order chi connectivity index (χ1) is 35.2. The maximum Gasteiger partial charge on any atom is 0.159 e. The van der Waals surface area contributed by atoms with Crippen LogP contribution in [0.4, 0.5) is 17.1 Å². The topological polar surface area (TPSA) is 16.4 Å². The third-order valence-electron chi connectivity index (χ3n) is 15.7. The molecule has 1 saturated carbocycles. The number of para-hydroxylation sites is 2. The highest BCUT2D eigenvalue weighted by Crippen LogP contribution is 2.51. The molecule has 0 atom stereocenters. The smallest absolute Gasteiger partial charge is 0.159 e. The van der Waals surface area contributed by atoms with Gasteiger partial charge < -0.3 is 9.32 Å². The number of anilines is 3. The molecule has 0 bridgehead atoms. The van der Waals surface area contributed by atoms with Gasteiger partial charge in [-0.05, 0) is 156 Å². The molecule has 0 aliphatic heterocycles. The average molecular weight is 910 g/mol. The molecule has 2 heteroatoms. The Balaban J connectivity index is 0.926. The Labute approximate surface area is 415 Å². The van der Waals surface area contributed by atoms with Crippen LogP contribution in [-0.2, 0) is 0 Å². The summed E-state index contributed by atoms with van der Waals surface area (Å²) in [6.07, 6.45) is 6.36. The van der Waals surface area contributed by atoms with Crippen molar-refractivity contribution in [1.82, 2.24) is 0 Å². The first-order valence-corrected chi connectivity index (χ1v) is 25.4. The molecule has 338 valence electrons. The van der Waals surface area contributed by atoms with Crippen molar-refractivity contribution in [1.29, 1.82) is 0 Å². The van der Waals surface area contributed by atoms with Gasteiger partial charge in [-0.25, -0.2) is 0 Å². The van der Waals surface area contributed by atoms with Gasteiger partial charge in [0.15, 0.2) is 5.58 Å². The van der Waals surface area contributed by atoms with Crippen molar-refractivity contribution in [2.45, 2.75) is 44.9 Å². The molecule has 0 amide bonds. The number of nitrogens with zero attached hydrogens (tertiary/aromatic N) is 1. The van der Waals surface area contributed by atoms with Crippen molar-refractivity contribution < 1.29 is 4.42 Å². The second kappa shape index (κ2) is 16.9. The summed E-state index contributed by atoms with van der Waals surface area (Å²) in [4.78, 5) is 2.38. The Hall–Kier alpha value is -8.46. The van der Waals surface area contributed by atoms with E-state index in [1.807, 2.05) is 0 Å². The lowest BCUT2D eigenvalue weighted by Gasteiger charge is -2.26. The predicted molar refractivity (Wildman–Crippen MR) is 300 cm³/mol.